The highest BCUT2D eigenvalue weighted by molar-refractivity contribution is 6.17. The first-order chi connectivity index (χ1) is 13.7. The van der Waals surface area contributed by atoms with Crippen LogP contribution in [0.25, 0.3) is 5.57 Å². The van der Waals surface area contributed by atoms with Crippen LogP contribution in [0.5, 0.6) is 5.75 Å². The Morgan fingerprint density at radius 2 is 1.60 bits per heavy atom. The average molecular weight is 407 g/mol. The van der Waals surface area contributed by atoms with Gasteiger partial charge in [-0.15, -0.1) is 0 Å². The summed E-state index contributed by atoms with van der Waals surface area (Å²) in [5, 5.41) is 0. The number of hydrogen-bond donors (Lipinski definition) is 0. The molecule has 0 heterocycles. The van der Waals surface area contributed by atoms with E-state index in [2.05, 4.69) is 27.4 Å². The monoisotopic (exact) mass is 406 g/mol. The van der Waals surface area contributed by atoms with Crippen molar-refractivity contribution in [3.05, 3.63) is 70.3 Å². The molecule has 30 heavy (non-hydrogen) atoms. The summed E-state index contributed by atoms with van der Waals surface area (Å²) in [7, 11) is 0. The Balaban J connectivity index is 2.84. The van der Waals surface area contributed by atoms with E-state index in [9.17, 15) is 9.59 Å². The molecule has 0 spiro atoms. The predicted molar refractivity (Wildman–Crippen MR) is 125 cm³/mol. The van der Waals surface area contributed by atoms with Crippen LogP contribution in [0.4, 0.5) is 0 Å². The molecule has 0 radical (unpaired) electrons. The number of carbonyl (C=O) groups excluding carboxylic acids is 2. The van der Waals surface area contributed by atoms with E-state index in [1.165, 1.54) is 0 Å². The van der Waals surface area contributed by atoms with Gasteiger partial charge in [0.2, 0.25) is 0 Å². The topological polar surface area (TPSA) is 43.4 Å². The molecule has 3 nitrogen and oxygen atoms in total. The molecule has 2 rings (SSSR count). The summed E-state index contributed by atoms with van der Waals surface area (Å²) in [5.74, 6) is -0.000463. The molecule has 0 fully saturated rings. The second-order valence-electron chi connectivity index (χ2n) is 10.1. The van der Waals surface area contributed by atoms with E-state index in [0.717, 1.165) is 39.5 Å². The second kappa shape index (κ2) is 8.22. The van der Waals surface area contributed by atoms with Gasteiger partial charge in [0.25, 0.3) is 0 Å². The highest BCUT2D eigenvalue weighted by Gasteiger charge is 2.31. The summed E-state index contributed by atoms with van der Waals surface area (Å²) in [5.41, 5.74) is 5.47. The first-order valence-corrected chi connectivity index (χ1v) is 10.3. The van der Waals surface area contributed by atoms with Crippen LogP contribution in [0.2, 0.25) is 0 Å². The van der Waals surface area contributed by atoms with Gasteiger partial charge in [-0.1, -0.05) is 60.3 Å². The largest absolute Gasteiger partial charge is 0.422 e. The Bertz CT molecular complexity index is 1000. The molecular weight excluding hydrogens is 372 g/mol. The predicted octanol–water partition coefficient (Wildman–Crippen LogP) is 6.66. The molecular formula is C27H34O3. The molecule has 1 aromatic rings. The Labute approximate surface area is 181 Å². The fourth-order valence-electron chi connectivity index (χ4n) is 3.61. The van der Waals surface area contributed by atoms with E-state index in [-0.39, 0.29) is 16.6 Å². The van der Waals surface area contributed by atoms with Gasteiger partial charge >= 0.3 is 5.97 Å². The Morgan fingerprint density at radius 3 is 2.10 bits per heavy atom. The van der Waals surface area contributed by atoms with Crippen molar-refractivity contribution in [1.29, 1.82) is 0 Å². The van der Waals surface area contributed by atoms with Crippen molar-refractivity contribution in [2.24, 2.45) is 5.41 Å². The van der Waals surface area contributed by atoms with Crippen LogP contribution in [0.3, 0.4) is 0 Å². The van der Waals surface area contributed by atoms with Crippen molar-refractivity contribution in [2.45, 2.75) is 67.7 Å². The number of benzene rings is 1. The van der Waals surface area contributed by atoms with Gasteiger partial charge in [-0.05, 0) is 60.5 Å². The highest BCUT2D eigenvalue weighted by Crippen LogP contribution is 2.41. The molecule has 0 saturated carbocycles. The van der Waals surface area contributed by atoms with Gasteiger partial charge in [-0.3, -0.25) is 4.79 Å². The number of ketones is 1. The zero-order valence-electron chi connectivity index (χ0n) is 19.8. The maximum atomic E-state index is 13.4. The first kappa shape index (κ1) is 23.6. The Hall–Kier alpha value is -2.68. The molecule has 3 heteroatoms. The number of aryl methyl sites for hydroxylation is 1. The maximum absolute atomic E-state index is 13.4. The van der Waals surface area contributed by atoms with Crippen molar-refractivity contribution in [1.82, 2.24) is 0 Å². The molecule has 0 bridgehead atoms. The number of carbonyl (C=O) groups is 2. The van der Waals surface area contributed by atoms with Gasteiger partial charge < -0.3 is 4.74 Å². The van der Waals surface area contributed by atoms with Crippen LogP contribution < -0.4 is 4.74 Å². The van der Waals surface area contributed by atoms with Crippen molar-refractivity contribution in [3.63, 3.8) is 0 Å². The van der Waals surface area contributed by atoms with Crippen molar-refractivity contribution >= 4 is 17.3 Å². The van der Waals surface area contributed by atoms with E-state index in [0.29, 0.717) is 11.3 Å². The van der Waals surface area contributed by atoms with Gasteiger partial charge in [0.15, 0.2) is 5.78 Å². The zero-order chi connectivity index (χ0) is 23.0. The average Bonchev–Trinajstić information content (AvgIpc) is 2.61. The minimum absolute atomic E-state index is 0.0189. The normalized spacial score (nSPS) is 16.6. The number of hydrogen-bond acceptors (Lipinski definition) is 3. The molecule has 1 aliphatic rings. The molecule has 1 aromatic carbocycles. The Morgan fingerprint density at radius 1 is 1.00 bits per heavy atom. The second-order valence-corrected chi connectivity index (χ2v) is 10.1. The van der Waals surface area contributed by atoms with E-state index >= 15 is 0 Å². The lowest BCUT2D eigenvalue weighted by atomic mass is 9.76. The van der Waals surface area contributed by atoms with E-state index < -0.39 is 5.97 Å². The third-order valence-electron chi connectivity index (χ3n) is 5.26. The molecule has 160 valence electrons. The standard InChI is InChI=1S/C27H34O3/c1-11-23(28)30-25-20(13-17(3)15-22(25)27(8,9)10)18(4)19-12-16(2)14-21(24(19)29)26(5,6)7/h11-15H,1H2,2-10H3/b19-18+. The van der Waals surface area contributed by atoms with Crippen molar-refractivity contribution < 1.29 is 14.3 Å². The number of allylic oxidation sites excluding steroid dienone is 6. The van der Waals surface area contributed by atoms with Gasteiger partial charge in [-0.25, -0.2) is 4.79 Å². The molecule has 0 aromatic heterocycles. The fraction of sp³-hybridized carbons (Fsp3) is 0.407. The van der Waals surface area contributed by atoms with Gasteiger partial charge in [0, 0.05) is 28.3 Å². The lowest BCUT2D eigenvalue weighted by Gasteiger charge is -2.28. The molecule has 1 aliphatic carbocycles. The molecule has 0 N–H and O–H groups in total. The smallest absolute Gasteiger partial charge is 0.335 e. The molecule has 0 amide bonds. The number of Topliss-reactive ketones (excluding diaryl/α,β-unsaturated/α-hetero) is 1. The zero-order valence-corrected chi connectivity index (χ0v) is 19.8. The summed E-state index contributed by atoms with van der Waals surface area (Å²) in [6, 6.07) is 4.02. The minimum Gasteiger partial charge on any atom is -0.422 e. The van der Waals surface area contributed by atoms with Crippen LogP contribution in [0.1, 0.15) is 72.1 Å². The fourth-order valence-corrected chi connectivity index (χ4v) is 3.61. The third-order valence-corrected chi connectivity index (χ3v) is 5.26. The van der Waals surface area contributed by atoms with E-state index in [1.54, 1.807) is 0 Å². The maximum Gasteiger partial charge on any atom is 0.335 e. The quantitative estimate of drug-likeness (QED) is 0.320. The van der Waals surface area contributed by atoms with Gasteiger partial charge in [-0.2, -0.15) is 0 Å². The summed E-state index contributed by atoms with van der Waals surface area (Å²) < 4.78 is 5.74. The summed E-state index contributed by atoms with van der Waals surface area (Å²) in [4.78, 5) is 25.5. The summed E-state index contributed by atoms with van der Waals surface area (Å²) in [6.45, 7) is 21.8. The lowest BCUT2D eigenvalue weighted by molar-refractivity contribution is -0.129. The third kappa shape index (κ3) is 4.89. The van der Waals surface area contributed by atoms with Crippen LogP contribution in [0, 0.1) is 12.3 Å². The summed E-state index contributed by atoms with van der Waals surface area (Å²) >= 11 is 0. The van der Waals surface area contributed by atoms with Crippen LogP contribution >= 0.6 is 0 Å². The number of esters is 1. The summed E-state index contributed by atoms with van der Waals surface area (Å²) in [6.07, 6.45) is 5.05. The SMILES string of the molecule is C=CC(=O)Oc1c(/C(C)=C2\C=C(C)C=C(C(C)(C)C)C2=O)cc(C)cc1C(C)(C)C. The van der Waals surface area contributed by atoms with Gasteiger partial charge in [0.1, 0.15) is 5.75 Å². The van der Waals surface area contributed by atoms with Crippen LogP contribution in [0.15, 0.2) is 53.7 Å². The van der Waals surface area contributed by atoms with Crippen LogP contribution in [-0.4, -0.2) is 11.8 Å². The molecule has 0 aliphatic heterocycles. The molecule has 0 unspecified atom stereocenters. The van der Waals surface area contributed by atoms with E-state index in [1.807, 2.05) is 65.8 Å². The van der Waals surface area contributed by atoms with Crippen LogP contribution in [-0.2, 0) is 15.0 Å². The Kier molecular flexibility index (Phi) is 6.46. The van der Waals surface area contributed by atoms with Gasteiger partial charge in [0.05, 0.1) is 0 Å². The first-order valence-electron chi connectivity index (χ1n) is 10.3. The molecule has 0 saturated heterocycles. The molecule has 0 atom stereocenters. The van der Waals surface area contributed by atoms with E-state index in [4.69, 9.17) is 4.74 Å². The minimum atomic E-state index is -0.514. The lowest BCUT2D eigenvalue weighted by Crippen LogP contribution is -2.22. The van der Waals surface area contributed by atoms with Crippen molar-refractivity contribution in [2.75, 3.05) is 0 Å². The highest BCUT2D eigenvalue weighted by atomic mass is 16.5. The van der Waals surface area contributed by atoms with Crippen molar-refractivity contribution in [3.8, 4) is 5.75 Å². The number of rotatable bonds is 3. The number of ether oxygens (including phenoxy) is 1.